The molecule has 0 spiro atoms. The molecule has 1 heterocycles. The summed E-state index contributed by atoms with van der Waals surface area (Å²) >= 11 is 0. The summed E-state index contributed by atoms with van der Waals surface area (Å²) in [5, 5.41) is 3.62. The summed E-state index contributed by atoms with van der Waals surface area (Å²) < 4.78 is 0. The molecule has 1 unspecified atom stereocenters. The summed E-state index contributed by atoms with van der Waals surface area (Å²) in [6.07, 6.45) is 8.55. The molecule has 96 valence electrons. The number of anilines is 1. The molecule has 1 N–H and O–H groups in total. The number of piperidine rings is 1. The van der Waals surface area contributed by atoms with Gasteiger partial charge in [0.15, 0.2) is 0 Å². The summed E-state index contributed by atoms with van der Waals surface area (Å²) in [6, 6.07) is 11.7. The lowest BCUT2D eigenvalue weighted by molar-refractivity contribution is 0.379. The molecule has 0 bridgehead atoms. The van der Waals surface area contributed by atoms with Crippen molar-refractivity contribution in [2.45, 2.75) is 38.3 Å². The van der Waals surface area contributed by atoms with Crippen molar-refractivity contribution in [2.24, 2.45) is 0 Å². The smallest absolute Gasteiger partial charge is 0.0366 e. The van der Waals surface area contributed by atoms with E-state index in [1.165, 1.54) is 18.5 Å². The Balaban J connectivity index is 1.80. The van der Waals surface area contributed by atoms with Crippen LogP contribution in [0.4, 0.5) is 5.69 Å². The van der Waals surface area contributed by atoms with Crippen LogP contribution in [0.2, 0.25) is 0 Å². The van der Waals surface area contributed by atoms with E-state index in [2.05, 4.69) is 53.4 Å². The van der Waals surface area contributed by atoms with Gasteiger partial charge in [0.05, 0.1) is 0 Å². The van der Waals surface area contributed by atoms with Crippen molar-refractivity contribution in [1.29, 1.82) is 0 Å². The van der Waals surface area contributed by atoms with Gasteiger partial charge in [-0.25, -0.2) is 0 Å². The highest BCUT2D eigenvalue weighted by Crippen LogP contribution is 2.19. The van der Waals surface area contributed by atoms with Crippen molar-refractivity contribution in [3.63, 3.8) is 0 Å². The van der Waals surface area contributed by atoms with E-state index in [1.54, 1.807) is 0 Å². The van der Waals surface area contributed by atoms with Gasteiger partial charge in [0.2, 0.25) is 0 Å². The monoisotopic (exact) mass is 242 g/mol. The van der Waals surface area contributed by atoms with Crippen LogP contribution in [0.1, 0.15) is 26.2 Å². The molecule has 2 rings (SSSR count). The lowest BCUT2D eigenvalue weighted by Gasteiger charge is -2.35. The second-order valence-corrected chi connectivity index (χ2v) is 5.07. The third-order valence-corrected chi connectivity index (χ3v) is 3.56. The van der Waals surface area contributed by atoms with Crippen LogP contribution in [0.25, 0.3) is 0 Å². The predicted octanol–water partition coefficient (Wildman–Crippen LogP) is 2.66. The summed E-state index contributed by atoms with van der Waals surface area (Å²) in [5.41, 5.74) is 1.34. The Morgan fingerprint density at radius 1 is 1.33 bits per heavy atom. The first-order chi connectivity index (χ1) is 8.79. The Bertz CT molecular complexity index is 385. The fourth-order valence-electron chi connectivity index (χ4n) is 2.58. The zero-order valence-electron chi connectivity index (χ0n) is 11.1. The number of hydrogen-bond acceptors (Lipinski definition) is 2. The summed E-state index contributed by atoms with van der Waals surface area (Å²) in [6.45, 7) is 4.43. The van der Waals surface area contributed by atoms with Crippen LogP contribution in [0.5, 0.6) is 0 Å². The van der Waals surface area contributed by atoms with Gasteiger partial charge in [0, 0.05) is 37.3 Å². The van der Waals surface area contributed by atoms with E-state index in [0.29, 0.717) is 12.1 Å². The van der Waals surface area contributed by atoms with E-state index < -0.39 is 0 Å². The lowest BCUT2D eigenvalue weighted by Crippen LogP contribution is -2.45. The minimum atomic E-state index is 0.434. The molecule has 2 nitrogen and oxygen atoms in total. The molecule has 2 heteroatoms. The van der Waals surface area contributed by atoms with Gasteiger partial charge in [-0.1, -0.05) is 18.2 Å². The molecule has 1 aromatic rings. The van der Waals surface area contributed by atoms with E-state index >= 15 is 0 Å². The Hall–Kier alpha value is -1.46. The number of nitrogens with one attached hydrogen (secondary N) is 1. The highest BCUT2D eigenvalue weighted by atomic mass is 15.1. The molecule has 1 aromatic carbocycles. The first-order valence-corrected chi connectivity index (χ1v) is 6.79. The van der Waals surface area contributed by atoms with E-state index in [0.717, 1.165) is 19.5 Å². The van der Waals surface area contributed by atoms with E-state index in [4.69, 9.17) is 6.42 Å². The molecular weight excluding hydrogens is 220 g/mol. The second-order valence-electron chi connectivity index (χ2n) is 5.07. The largest absolute Gasteiger partial charge is 0.371 e. The van der Waals surface area contributed by atoms with Gasteiger partial charge in [0.1, 0.15) is 0 Å². The standard InChI is InChI=1S/C16H22N2/c1-3-7-14(2)17-15-10-12-18(13-11-15)16-8-5-4-6-9-16/h1,4-6,8-9,14-15,17H,7,10-13H2,2H3. The third kappa shape index (κ3) is 3.51. The van der Waals surface area contributed by atoms with E-state index in [1.807, 2.05) is 0 Å². The van der Waals surface area contributed by atoms with E-state index in [-0.39, 0.29) is 0 Å². The summed E-state index contributed by atoms with van der Waals surface area (Å²) in [5.74, 6) is 2.72. The molecule has 18 heavy (non-hydrogen) atoms. The van der Waals surface area contributed by atoms with Gasteiger partial charge in [-0.3, -0.25) is 0 Å². The first kappa shape index (κ1) is 13.0. The molecule has 0 aromatic heterocycles. The van der Waals surface area contributed by atoms with Gasteiger partial charge in [-0.05, 0) is 31.9 Å². The maximum absolute atomic E-state index is 5.33. The number of hydrogen-bond donors (Lipinski definition) is 1. The van der Waals surface area contributed by atoms with Crippen LogP contribution in [0.3, 0.4) is 0 Å². The number of para-hydroxylation sites is 1. The predicted molar refractivity (Wildman–Crippen MR) is 77.7 cm³/mol. The van der Waals surface area contributed by atoms with Crippen LogP contribution >= 0.6 is 0 Å². The molecule has 1 aliphatic rings. The van der Waals surface area contributed by atoms with Crippen LogP contribution in [0, 0.1) is 12.3 Å². The van der Waals surface area contributed by atoms with Crippen LogP contribution in [-0.4, -0.2) is 25.2 Å². The topological polar surface area (TPSA) is 15.3 Å². The number of terminal acetylenes is 1. The average Bonchev–Trinajstić information content (AvgIpc) is 2.41. The van der Waals surface area contributed by atoms with Crippen LogP contribution < -0.4 is 10.2 Å². The lowest BCUT2D eigenvalue weighted by atomic mass is 10.0. The maximum Gasteiger partial charge on any atom is 0.0366 e. The Morgan fingerprint density at radius 3 is 2.61 bits per heavy atom. The van der Waals surface area contributed by atoms with Gasteiger partial charge < -0.3 is 10.2 Å². The van der Waals surface area contributed by atoms with Crippen molar-refractivity contribution in [3.05, 3.63) is 30.3 Å². The Morgan fingerprint density at radius 2 is 2.00 bits per heavy atom. The molecule has 0 aliphatic carbocycles. The number of rotatable bonds is 4. The fourth-order valence-corrected chi connectivity index (χ4v) is 2.58. The maximum atomic E-state index is 5.33. The minimum absolute atomic E-state index is 0.434. The van der Waals surface area contributed by atoms with E-state index in [9.17, 15) is 0 Å². The zero-order valence-corrected chi connectivity index (χ0v) is 11.1. The highest BCUT2D eigenvalue weighted by Gasteiger charge is 2.20. The quantitative estimate of drug-likeness (QED) is 0.817. The van der Waals surface area contributed by atoms with Gasteiger partial charge in [0.25, 0.3) is 0 Å². The summed E-state index contributed by atoms with van der Waals surface area (Å²) in [7, 11) is 0. The molecular formula is C16H22N2. The summed E-state index contributed by atoms with van der Waals surface area (Å²) in [4.78, 5) is 2.46. The third-order valence-electron chi connectivity index (χ3n) is 3.56. The SMILES string of the molecule is C#CCC(C)NC1CCN(c2ccccc2)CC1. The second kappa shape index (κ2) is 6.47. The molecule has 0 amide bonds. The first-order valence-electron chi connectivity index (χ1n) is 6.79. The molecule has 1 atom stereocenters. The molecule has 0 saturated carbocycles. The average molecular weight is 242 g/mol. The Kier molecular flexibility index (Phi) is 4.66. The minimum Gasteiger partial charge on any atom is -0.371 e. The normalized spacial score (nSPS) is 18.3. The molecule has 1 aliphatic heterocycles. The highest BCUT2D eigenvalue weighted by molar-refractivity contribution is 5.46. The van der Waals surface area contributed by atoms with Crippen molar-refractivity contribution in [2.75, 3.05) is 18.0 Å². The molecule has 1 saturated heterocycles. The molecule has 0 radical (unpaired) electrons. The number of nitrogens with zero attached hydrogens (tertiary/aromatic N) is 1. The van der Waals surface area contributed by atoms with Crippen molar-refractivity contribution in [3.8, 4) is 12.3 Å². The Labute approximate surface area is 110 Å². The van der Waals surface area contributed by atoms with Gasteiger partial charge in [-0.15, -0.1) is 12.3 Å². The van der Waals surface area contributed by atoms with Gasteiger partial charge >= 0.3 is 0 Å². The molecule has 1 fully saturated rings. The van der Waals surface area contributed by atoms with Crippen molar-refractivity contribution in [1.82, 2.24) is 5.32 Å². The number of benzene rings is 1. The fraction of sp³-hybridized carbons (Fsp3) is 0.500. The van der Waals surface area contributed by atoms with Crippen LogP contribution in [0.15, 0.2) is 30.3 Å². The van der Waals surface area contributed by atoms with Gasteiger partial charge in [-0.2, -0.15) is 0 Å². The van der Waals surface area contributed by atoms with Crippen molar-refractivity contribution >= 4 is 5.69 Å². The van der Waals surface area contributed by atoms with Crippen LogP contribution in [-0.2, 0) is 0 Å². The zero-order chi connectivity index (χ0) is 12.8. The van der Waals surface area contributed by atoms with Crippen molar-refractivity contribution < 1.29 is 0 Å².